The van der Waals surface area contributed by atoms with E-state index in [1.165, 1.54) is 42.7 Å². The molecule has 0 bridgehead atoms. The van der Waals surface area contributed by atoms with Crippen LogP contribution >= 0.6 is 11.3 Å². The summed E-state index contributed by atoms with van der Waals surface area (Å²) < 4.78 is 34.4. The van der Waals surface area contributed by atoms with Crippen LogP contribution in [0, 0.1) is 17.0 Å². The van der Waals surface area contributed by atoms with E-state index in [1.807, 2.05) is 0 Å². The summed E-state index contributed by atoms with van der Waals surface area (Å²) in [4.78, 5) is 28.8. The first-order valence-electron chi connectivity index (χ1n) is 11.3. The van der Waals surface area contributed by atoms with E-state index in [2.05, 4.69) is 15.6 Å². The fourth-order valence-electron chi connectivity index (χ4n) is 3.78. The summed E-state index contributed by atoms with van der Waals surface area (Å²) in [5.74, 6) is -2.41. The summed E-state index contributed by atoms with van der Waals surface area (Å²) in [7, 11) is 1.39. The molecule has 10 heteroatoms. The number of rotatable bonds is 7. The van der Waals surface area contributed by atoms with Gasteiger partial charge < -0.3 is 20.5 Å². The van der Waals surface area contributed by atoms with Crippen LogP contribution < -0.4 is 15.4 Å². The fraction of sp³-hybridized carbons (Fsp3) is 0.222. The Kier molecular flexibility index (Phi) is 7.13. The number of hydrogen-bond donors (Lipinski definition) is 3. The highest BCUT2D eigenvalue weighted by Gasteiger charge is 2.33. The number of hydrogen-bond acceptors (Lipinski definition) is 6. The van der Waals surface area contributed by atoms with Gasteiger partial charge in [-0.1, -0.05) is 44.2 Å². The quantitative estimate of drug-likeness (QED) is 0.265. The van der Waals surface area contributed by atoms with Gasteiger partial charge in [0.25, 0.3) is 5.91 Å². The summed E-state index contributed by atoms with van der Waals surface area (Å²) in [5, 5.41) is 15.4. The van der Waals surface area contributed by atoms with Crippen molar-refractivity contribution in [3.05, 3.63) is 71.8 Å². The standard InChI is InChI=1S/C27H25F2N3O4S/c1-27(2,3)23(25(34)35)32-24(33)17-8-5-15(12-21(17)36-4)14-6-9-19(18(29)11-14)30-26-31-20-10-7-16(28)13-22(20)37-26/h5-13,23H,1-4H3,(H,30,31)(H,32,33)(H,34,35)/t23-/m1/s1. The lowest BCUT2D eigenvalue weighted by Gasteiger charge is -2.28. The number of fused-ring (bicyclic) bond motifs is 1. The highest BCUT2D eigenvalue weighted by Crippen LogP contribution is 2.33. The SMILES string of the molecule is COc1cc(-c2ccc(Nc3nc4ccc(F)cc4s3)c(F)c2)ccc1C(=O)N[C@H](C(=O)O)C(C)(C)C. The zero-order chi connectivity index (χ0) is 26.9. The number of benzene rings is 3. The number of amides is 1. The molecule has 0 radical (unpaired) electrons. The number of anilines is 2. The van der Waals surface area contributed by atoms with E-state index >= 15 is 0 Å². The van der Waals surface area contributed by atoms with Crippen molar-refractivity contribution in [2.75, 3.05) is 12.4 Å². The van der Waals surface area contributed by atoms with Crippen molar-refractivity contribution in [3.8, 4) is 16.9 Å². The molecule has 0 saturated carbocycles. The number of nitrogens with zero attached hydrogens (tertiary/aromatic N) is 1. The molecule has 37 heavy (non-hydrogen) atoms. The Balaban J connectivity index is 1.56. The number of carboxylic acid groups (broad SMARTS) is 1. The number of thiazole rings is 1. The zero-order valence-electron chi connectivity index (χ0n) is 20.6. The van der Waals surface area contributed by atoms with E-state index < -0.39 is 29.2 Å². The van der Waals surface area contributed by atoms with Crippen LogP contribution in [0.5, 0.6) is 5.75 Å². The lowest BCUT2D eigenvalue weighted by atomic mass is 9.86. The number of halogens is 2. The molecule has 3 aromatic carbocycles. The lowest BCUT2D eigenvalue weighted by molar-refractivity contribution is -0.142. The summed E-state index contributed by atoms with van der Waals surface area (Å²) >= 11 is 1.21. The molecule has 0 unspecified atom stereocenters. The third kappa shape index (κ3) is 5.69. The number of carbonyl (C=O) groups is 2. The van der Waals surface area contributed by atoms with Gasteiger partial charge in [0, 0.05) is 0 Å². The van der Waals surface area contributed by atoms with Crippen LogP contribution in [-0.4, -0.2) is 35.1 Å². The molecule has 1 atom stereocenters. The normalized spacial score (nSPS) is 12.3. The minimum absolute atomic E-state index is 0.160. The van der Waals surface area contributed by atoms with Crippen molar-refractivity contribution < 1.29 is 28.2 Å². The average molecular weight is 526 g/mol. The minimum atomic E-state index is -1.14. The number of carboxylic acids is 1. The molecule has 1 aromatic heterocycles. The second kappa shape index (κ2) is 10.1. The fourth-order valence-corrected chi connectivity index (χ4v) is 4.68. The Morgan fingerprint density at radius 2 is 1.73 bits per heavy atom. The van der Waals surface area contributed by atoms with Crippen molar-refractivity contribution >= 4 is 44.2 Å². The van der Waals surface area contributed by atoms with Crippen molar-refractivity contribution in [3.63, 3.8) is 0 Å². The summed E-state index contributed by atoms with van der Waals surface area (Å²) in [5.41, 5.74) is 1.40. The molecule has 0 aliphatic rings. The molecule has 192 valence electrons. The first kappa shape index (κ1) is 26.0. The van der Waals surface area contributed by atoms with Gasteiger partial charge in [-0.2, -0.15) is 0 Å². The van der Waals surface area contributed by atoms with E-state index in [0.29, 0.717) is 26.5 Å². The third-order valence-corrected chi connectivity index (χ3v) is 6.66. The molecule has 0 fully saturated rings. The monoisotopic (exact) mass is 525 g/mol. The van der Waals surface area contributed by atoms with Crippen LogP contribution in [0.1, 0.15) is 31.1 Å². The van der Waals surface area contributed by atoms with E-state index in [9.17, 15) is 23.5 Å². The zero-order valence-corrected chi connectivity index (χ0v) is 21.4. The minimum Gasteiger partial charge on any atom is -0.496 e. The second-order valence-electron chi connectivity index (χ2n) is 9.48. The largest absolute Gasteiger partial charge is 0.496 e. The molecule has 1 heterocycles. The van der Waals surface area contributed by atoms with E-state index in [0.717, 1.165) is 0 Å². The Morgan fingerprint density at radius 1 is 1.03 bits per heavy atom. The van der Waals surface area contributed by atoms with Crippen LogP contribution in [0.4, 0.5) is 19.6 Å². The molecule has 0 aliphatic heterocycles. The smallest absolute Gasteiger partial charge is 0.326 e. The first-order valence-corrected chi connectivity index (χ1v) is 12.1. The Morgan fingerprint density at radius 3 is 2.38 bits per heavy atom. The van der Waals surface area contributed by atoms with Crippen LogP contribution in [0.15, 0.2) is 54.6 Å². The summed E-state index contributed by atoms with van der Waals surface area (Å²) in [6.45, 7) is 5.16. The topological polar surface area (TPSA) is 101 Å². The predicted molar refractivity (Wildman–Crippen MR) is 140 cm³/mol. The highest BCUT2D eigenvalue weighted by atomic mass is 32.1. The molecule has 0 spiro atoms. The number of ether oxygens (including phenoxy) is 1. The van der Waals surface area contributed by atoms with Gasteiger partial charge in [-0.15, -0.1) is 0 Å². The van der Waals surface area contributed by atoms with Gasteiger partial charge in [0.15, 0.2) is 5.13 Å². The lowest BCUT2D eigenvalue weighted by Crippen LogP contribution is -2.49. The van der Waals surface area contributed by atoms with Crippen LogP contribution in [-0.2, 0) is 4.79 Å². The molecular formula is C27H25F2N3O4S. The molecule has 3 N–H and O–H groups in total. The highest BCUT2D eigenvalue weighted by molar-refractivity contribution is 7.22. The molecule has 1 amide bonds. The van der Waals surface area contributed by atoms with Crippen LogP contribution in [0.2, 0.25) is 0 Å². The van der Waals surface area contributed by atoms with Gasteiger partial charge in [0.2, 0.25) is 0 Å². The van der Waals surface area contributed by atoms with Gasteiger partial charge >= 0.3 is 5.97 Å². The van der Waals surface area contributed by atoms with Gasteiger partial charge in [0.1, 0.15) is 23.4 Å². The van der Waals surface area contributed by atoms with Crippen molar-refractivity contribution in [1.29, 1.82) is 0 Å². The van der Waals surface area contributed by atoms with Gasteiger partial charge in [-0.05, 0) is 59.0 Å². The van der Waals surface area contributed by atoms with Crippen LogP contribution in [0.3, 0.4) is 0 Å². The maximum atomic E-state index is 15.0. The Labute approximate surface area is 216 Å². The van der Waals surface area contributed by atoms with E-state index in [1.54, 1.807) is 51.1 Å². The molecule has 4 aromatic rings. The maximum Gasteiger partial charge on any atom is 0.326 e. The van der Waals surface area contributed by atoms with Gasteiger partial charge in [-0.3, -0.25) is 4.79 Å². The summed E-state index contributed by atoms with van der Waals surface area (Å²) in [6.07, 6.45) is 0. The molecule has 0 saturated heterocycles. The van der Waals surface area contributed by atoms with Crippen LogP contribution in [0.25, 0.3) is 21.3 Å². The van der Waals surface area contributed by atoms with Crippen molar-refractivity contribution in [1.82, 2.24) is 10.3 Å². The number of nitrogens with one attached hydrogen (secondary N) is 2. The number of aromatic nitrogens is 1. The molecule has 4 rings (SSSR count). The Hall–Kier alpha value is -4.05. The third-order valence-electron chi connectivity index (χ3n) is 5.73. The van der Waals surface area contributed by atoms with Crippen molar-refractivity contribution in [2.45, 2.75) is 26.8 Å². The molecule has 0 aliphatic carbocycles. The molecular weight excluding hydrogens is 500 g/mol. The van der Waals surface area contributed by atoms with Gasteiger partial charge in [0.05, 0.1) is 28.6 Å². The average Bonchev–Trinajstić information content (AvgIpc) is 3.23. The van der Waals surface area contributed by atoms with Crippen molar-refractivity contribution in [2.24, 2.45) is 5.41 Å². The second-order valence-corrected chi connectivity index (χ2v) is 10.5. The number of aliphatic carboxylic acids is 1. The Bertz CT molecular complexity index is 1500. The number of carbonyl (C=O) groups excluding carboxylic acids is 1. The predicted octanol–water partition coefficient (Wildman–Crippen LogP) is 6.22. The van der Waals surface area contributed by atoms with Gasteiger partial charge in [-0.25, -0.2) is 18.6 Å². The maximum absolute atomic E-state index is 15.0. The van der Waals surface area contributed by atoms with E-state index in [-0.39, 0.29) is 22.8 Å². The molecule has 7 nitrogen and oxygen atoms in total. The number of methoxy groups -OCH3 is 1. The van der Waals surface area contributed by atoms with E-state index in [4.69, 9.17) is 4.74 Å². The first-order chi connectivity index (χ1) is 17.5. The summed E-state index contributed by atoms with van der Waals surface area (Å²) in [6, 6.07) is 12.5.